The van der Waals surface area contributed by atoms with Crippen LogP contribution in [0.3, 0.4) is 0 Å². The lowest BCUT2D eigenvalue weighted by molar-refractivity contribution is -0.141. The first kappa shape index (κ1) is 18.7. The van der Waals surface area contributed by atoms with Crippen molar-refractivity contribution in [3.63, 3.8) is 0 Å². The number of carbonyl (C=O) groups excluding carboxylic acids is 1. The Hall–Kier alpha value is -1.69. The number of nitrogens with zero attached hydrogens (tertiary/aromatic N) is 5. The van der Waals surface area contributed by atoms with Crippen LogP contribution in [0.2, 0.25) is 0 Å². The smallest absolute Gasteiger partial charge is 0.222 e. The number of aromatic nitrogens is 2. The first-order chi connectivity index (χ1) is 13.0. The number of aryl methyl sites for hydroxylation is 2. The quantitative estimate of drug-likeness (QED) is 0.816. The molecule has 1 spiro atoms. The van der Waals surface area contributed by atoms with Gasteiger partial charge in [0, 0.05) is 50.4 Å². The van der Waals surface area contributed by atoms with Crippen LogP contribution in [-0.2, 0) is 11.2 Å². The average molecular weight is 372 g/mol. The molecule has 27 heavy (non-hydrogen) atoms. The summed E-state index contributed by atoms with van der Waals surface area (Å²) < 4.78 is 0. The SMILES string of the molecule is CCc1cnc(C)nc1N1CCC2(CCC(=O)N([C@@H]3CCN(C)C3)C2)CC1. The molecule has 4 heterocycles. The van der Waals surface area contributed by atoms with E-state index in [9.17, 15) is 4.79 Å². The molecule has 3 aliphatic heterocycles. The van der Waals surface area contributed by atoms with Gasteiger partial charge < -0.3 is 14.7 Å². The van der Waals surface area contributed by atoms with Crippen LogP contribution in [0.15, 0.2) is 6.20 Å². The number of likely N-dealkylation sites (N-methyl/N-ethyl adjacent to an activating group) is 1. The van der Waals surface area contributed by atoms with Crippen LogP contribution in [0.5, 0.6) is 0 Å². The van der Waals surface area contributed by atoms with Crippen LogP contribution >= 0.6 is 0 Å². The predicted octanol–water partition coefficient (Wildman–Crippen LogP) is 2.26. The zero-order valence-electron chi connectivity index (χ0n) is 17.1. The second kappa shape index (κ2) is 7.38. The van der Waals surface area contributed by atoms with Crippen molar-refractivity contribution in [1.82, 2.24) is 19.8 Å². The first-order valence-electron chi connectivity index (χ1n) is 10.6. The van der Waals surface area contributed by atoms with Crippen molar-refractivity contribution in [2.75, 3.05) is 44.7 Å². The Balaban J connectivity index is 1.45. The molecule has 0 unspecified atom stereocenters. The molecule has 6 heteroatoms. The van der Waals surface area contributed by atoms with Crippen molar-refractivity contribution in [3.8, 4) is 0 Å². The molecule has 1 aromatic rings. The minimum absolute atomic E-state index is 0.306. The predicted molar refractivity (Wildman–Crippen MR) is 107 cm³/mol. The molecule has 0 aliphatic carbocycles. The third-order valence-corrected chi connectivity index (χ3v) is 6.97. The number of amides is 1. The standard InChI is InChI=1S/C21H33N5O/c1-4-17-13-22-16(2)23-20(17)25-11-8-21(9-12-25)7-5-19(27)26(15-21)18-6-10-24(3)14-18/h13,18H,4-12,14-15H2,1-3H3/t18-/m1/s1. The van der Waals surface area contributed by atoms with Crippen molar-refractivity contribution in [2.45, 2.75) is 58.4 Å². The van der Waals surface area contributed by atoms with Gasteiger partial charge in [-0.1, -0.05) is 6.92 Å². The lowest BCUT2D eigenvalue weighted by Gasteiger charge is -2.49. The molecule has 1 amide bonds. The molecule has 6 nitrogen and oxygen atoms in total. The molecule has 0 N–H and O–H groups in total. The molecule has 0 bridgehead atoms. The van der Waals surface area contributed by atoms with Crippen molar-refractivity contribution in [2.24, 2.45) is 5.41 Å². The second-order valence-corrected chi connectivity index (χ2v) is 8.83. The third-order valence-electron chi connectivity index (χ3n) is 6.97. The molecular formula is C21H33N5O. The molecule has 1 aromatic heterocycles. The Bertz CT molecular complexity index is 698. The lowest BCUT2D eigenvalue weighted by atomic mass is 9.72. The summed E-state index contributed by atoms with van der Waals surface area (Å²) in [6.07, 6.45) is 8.19. The van der Waals surface area contributed by atoms with Crippen molar-refractivity contribution in [1.29, 1.82) is 0 Å². The molecule has 3 fully saturated rings. The number of carbonyl (C=O) groups is 1. The number of piperidine rings is 2. The van der Waals surface area contributed by atoms with Gasteiger partial charge >= 0.3 is 0 Å². The van der Waals surface area contributed by atoms with Gasteiger partial charge in [0.15, 0.2) is 0 Å². The largest absolute Gasteiger partial charge is 0.356 e. The molecule has 3 aliphatic rings. The van der Waals surface area contributed by atoms with E-state index >= 15 is 0 Å². The summed E-state index contributed by atoms with van der Waals surface area (Å²) in [5, 5.41) is 0. The lowest BCUT2D eigenvalue weighted by Crippen LogP contribution is -2.55. The van der Waals surface area contributed by atoms with Crippen LogP contribution in [0.25, 0.3) is 0 Å². The zero-order chi connectivity index (χ0) is 19.0. The van der Waals surface area contributed by atoms with Crippen LogP contribution in [0, 0.1) is 12.3 Å². The van der Waals surface area contributed by atoms with Crippen LogP contribution in [0.4, 0.5) is 5.82 Å². The summed E-state index contributed by atoms with van der Waals surface area (Å²) in [6, 6.07) is 0.425. The van der Waals surface area contributed by atoms with Gasteiger partial charge in [0.2, 0.25) is 5.91 Å². The average Bonchev–Trinajstić information content (AvgIpc) is 3.11. The molecule has 0 aromatic carbocycles. The van der Waals surface area contributed by atoms with Crippen LogP contribution in [-0.4, -0.2) is 71.5 Å². The Morgan fingerprint density at radius 1 is 1.22 bits per heavy atom. The highest BCUT2D eigenvalue weighted by atomic mass is 16.2. The van der Waals surface area contributed by atoms with E-state index in [2.05, 4.69) is 33.7 Å². The van der Waals surface area contributed by atoms with Gasteiger partial charge in [-0.05, 0) is 58.0 Å². The second-order valence-electron chi connectivity index (χ2n) is 8.83. The number of rotatable bonds is 3. The highest BCUT2D eigenvalue weighted by molar-refractivity contribution is 5.77. The van der Waals surface area contributed by atoms with Crippen LogP contribution in [0.1, 0.15) is 50.4 Å². The summed E-state index contributed by atoms with van der Waals surface area (Å²) in [6.45, 7) is 9.33. The van der Waals surface area contributed by atoms with E-state index in [1.807, 2.05) is 13.1 Å². The maximum atomic E-state index is 12.6. The van der Waals surface area contributed by atoms with Crippen molar-refractivity contribution in [3.05, 3.63) is 17.6 Å². The minimum Gasteiger partial charge on any atom is -0.356 e. The van der Waals surface area contributed by atoms with Gasteiger partial charge in [-0.25, -0.2) is 9.97 Å². The van der Waals surface area contributed by atoms with Gasteiger partial charge in [0.25, 0.3) is 0 Å². The molecule has 4 rings (SSSR count). The van der Waals surface area contributed by atoms with E-state index in [0.717, 1.165) is 82.9 Å². The van der Waals surface area contributed by atoms with Crippen molar-refractivity contribution < 1.29 is 4.79 Å². The first-order valence-corrected chi connectivity index (χ1v) is 10.6. The highest BCUT2D eigenvalue weighted by Gasteiger charge is 2.44. The Morgan fingerprint density at radius 3 is 2.67 bits per heavy atom. The molecule has 0 radical (unpaired) electrons. The van der Waals surface area contributed by atoms with E-state index in [0.29, 0.717) is 17.4 Å². The van der Waals surface area contributed by atoms with E-state index in [1.54, 1.807) is 0 Å². The summed E-state index contributed by atoms with van der Waals surface area (Å²) in [4.78, 5) is 28.7. The number of hydrogen-bond donors (Lipinski definition) is 0. The van der Waals surface area contributed by atoms with E-state index in [4.69, 9.17) is 4.98 Å². The molecule has 3 saturated heterocycles. The third kappa shape index (κ3) is 3.68. The summed E-state index contributed by atoms with van der Waals surface area (Å²) in [7, 11) is 2.16. The molecular weight excluding hydrogens is 338 g/mol. The van der Waals surface area contributed by atoms with E-state index in [-0.39, 0.29) is 0 Å². The van der Waals surface area contributed by atoms with E-state index < -0.39 is 0 Å². The maximum absolute atomic E-state index is 12.6. The molecule has 1 atom stereocenters. The summed E-state index contributed by atoms with van der Waals surface area (Å²) >= 11 is 0. The Kier molecular flexibility index (Phi) is 5.10. The number of hydrogen-bond acceptors (Lipinski definition) is 5. The fraction of sp³-hybridized carbons (Fsp3) is 0.762. The van der Waals surface area contributed by atoms with Gasteiger partial charge in [-0.2, -0.15) is 0 Å². The van der Waals surface area contributed by atoms with Gasteiger partial charge in [-0.3, -0.25) is 4.79 Å². The monoisotopic (exact) mass is 371 g/mol. The van der Waals surface area contributed by atoms with Gasteiger partial charge in [-0.15, -0.1) is 0 Å². The Labute approximate surface area is 162 Å². The summed E-state index contributed by atoms with van der Waals surface area (Å²) in [5.74, 6) is 2.35. The number of anilines is 1. The molecule has 148 valence electrons. The van der Waals surface area contributed by atoms with Crippen LogP contribution < -0.4 is 4.90 Å². The van der Waals surface area contributed by atoms with Crippen molar-refractivity contribution >= 4 is 11.7 Å². The summed E-state index contributed by atoms with van der Waals surface area (Å²) in [5.41, 5.74) is 1.55. The zero-order valence-corrected chi connectivity index (χ0v) is 17.1. The minimum atomic E-state index is 0.306. The fourth-order valence-corrected chi connectivity index (χ4v) is 5.15. The Morgan fingerprint density at radius 2 is 2.00 bits per heavy atom. The van der Waals surface area contributed by atoms with Gasteiger partial charge in [0.05, 0.1) is 0 Å². The topological polar surface area (TPSA) is 52.6 Å². The normalized spacial score (nSPS) is 26.2. The number of likely N-dealkylation sites (tertiary alicyclic amines) is 2. The van der Waals surface area contributed by atoms with Gasteiger partial charge in [0.1, 0.15) is 11.6 Å². The highest BCUT2D eigenvalue weighted by Crippen LogP contribution is 2.42. The maximum Gasteiger partial charge on any atom is 0.222 e. The fourth-order valence-electron chi connectivity index (χ4n) is 5.15. The molecule has 0 saturated carbocycles. The van der Waals surface area contributed by atoms with E-state index in [1.165, 1.54) is 5.56 Å².